The molecule has 0 aliphatic heterocycles. The van der Waals surface area contributed by atoms with Gasteiger partial charge in [0.1, 0.15) is 11.7 Å². The van der Waals surface area contributed by atoms with E-state index in [-0.39, 0.29) is 5.56 Å². The molecule has 6 heteroatoms. The lowest BCUT2D eigenvalue weighted by Gasteiger charge is -2.12. The summed E-state index contributed by atoms with van der Waals surface area (Å²) in [5.41, 5.74) is -0.966. The van der Waals surface area contributed by atoms with Gasteiger partial charge in [-0.25, -0.2) is 0 Å². The van der Waals surface area contributed by atoms with Gasteiger partial charge in [-0.1, -0.05) is 18.2 Å². The van der Waals surface area contributed by atoms with Crippen molar-refractivity contribution in [2.24, 2.45) is 0 Å². The predicted octanol–water partition coefficient (Wildman–Crippen LogP) is 3.14. The first-order valence-corrected chi connectivity index (χ1v) is 4.98. The van der Waals surface area contributed by atoms with Crippen LogP contribution in [0.1, 0.15) is 24.0 Å². The van der Waals surface area contributed by atoms with Crippen LogP contribution in [0.3, 0.4) is 0 Å². The van der Waals surface area contributed by atoms with E-state index in [4.69, 9.17) is 11.6 Å². The van der Waals surface area contributed by atoms with Crippen molar-refractivity contribution in [1.82, 2.24) is 0 Å². The number of hydrogen-bond donors (Lipinski definition) is 0. The Kier molecular flexibility index (Phi) is 3.93. The highest BCUT2D eigenvalue weighted by atomic mass is 35.5. The molecule has 0 radical (unpaired) electrons. The molecule has 0 N–H and O–H groups in total. The minimum atomic E-state index is -4.52. The summed E-state index contributed by atoms with van der Waals surface area (Å²) in [6.07, 6.45) is -4.52. The predicted molar refractivity (Wildman–Crippen MR) is 55.7 cm³/mol. The number of ketones is 1. The van der Waals surface area contributed by atoms with E-state index in [0.29, 0.717) is 0 Å². The van der Waals surface area contributed by atoms with Gasteiger partial charge in [-0.2, -0.15) is 13.2 Å². The third-order valence-electron chi connectivity index (χ3n) is 2.18. The second kappa shape index (κ2) is 4.87. The van der Waals surface area contributed by atoms with Crippen LogP contribution < -0.4 is 0 Å². The number of alkyl halides is 3. The summed E-state index contributed by atoms with van der Waals surface area (Å²) in [6.45, 7) is 1.10. The molecule has 1 atom stereocenters. The van der Waals surface area contributed by atoms with Crippen molar-refractivity contribution < 1.29 is 22.8 Å². The van der Waals surface area contributed by atoms with Gasteiger partial charge in [-0.05, 0) is 30.2 Å². The molecular weight excluding hydrogens is 257 g/mol. The number of rotatable bonds is 3. The first-order valence-electron chi connectivity index (χ1n) is 4.60. The lowest BCUT2D eigenvalue weighted by atomic mass is 9.95. The van der Waals surface area contributed by atoms with Gasteiger partial charge in [0.25, 0.3) is 0 Å². The molecule has 0 saturated carbocycles. The van der Waals surface area contributed by atoms with Crippen molar-refractivity contribution in [1.29, 1.82) is 0 Å². The maximum atomic E-state index is 12.4. The van der Waals surface area contributed by atoms with Crippen LogP contribution in [0.4, 0.5) is 13.2 Å². The molecule has 0 saturated heterocycles. The van der Waals surface area contributed by atoms with Crippen molar-refractivity contribution in [2.45, 2.75) is 19.0 Å². The zero-order valence-electron chi connectivity index (χ0n) is 8.72. The molecule has 1 rings (SSSR count). The summed E-state index contributed by atoms with van der Waals surface area (Å²) >= 11 is 5.20. The van der Waals surface area contributed by atoms with Gasteiger partial charge in [0.2, 0.25) is 5.24 Å². The maximum absolute atomic E-state index is 12.4. The fourth-order valence-electron chi connectivity index (χ4n) is 1.42. The SMILES string of the molecule is CC(=O)C(C(=O)Cl)c1cccc(C(F)(F)F)c1. The Bertz CT molecular complexity index is 440. The molecular formula is C11H8ClF3O2. The second-order valence-corrected chi connectivity index (χ2v) is 3.84. The number of carbonyl (C=O) groups is 2. The standard InChI is InChI=1S/C11H8ClF3O2/c1-6(16)9(10(12)17)7-3-2-4-8(5-7)11(13,14)15/h2-5,9H,1H3. The van der Waals surface area contributed by atoms with E-state index < -0.39 is 28.7 Å². The van der Waals surface area contributed by atoms with Crippen LogP contribution in [0.15, 0.2) is 24.3 Å². The Morgan fingerprint density at radius 2 is 1.88 bits per heavy atom. The Morgan fingerprint density at radius 3 is 2.29 bits per heavy atom. The van der Waals surface area contributed by atoms with Crippen LogP contribution in [0.2, 0.25) is 0 Å². The first kappa shape index (κ1) is 13.7. The molecule has 0 aliphatic carbocycles. The largest absolute Gasteiger partial charge is 0.416 e. The summed E-state index contributed by atoms with van der Waals surface area (Å²) in [5.74, 6) is -1.94. The monoisotopic (exact) mass is 264 g/mol. The van der Waals surface area contributed by atoms with E-state index in [2.05, 4.69) is 0 Å². The van der Waals surface area contributed by atoms with E-state index in [1.807, 2.05) is 0 Å². The molecule has 1 aromatic rings. The van der Waals surface area contributed by atoms with Crippen molar-refractivity contribution in [3.63, 3.8) is 0 Å². The normalized spacial score (nSPS) is 13.2. The number of carbonyl (C=O) groups excluding carboxylic acids is 2. The highest BCUT2D eigenvalue weighted by molar-refractivity contribution is 6.66. The molecule has 0 bridgehead atoms. The van der Waals surface area contributed by atoms with Gasteiger partial charge in [-0.15, -0.1) is 0 Å². The Morgan fingerprint density at radius 1 is 1.29 bits per heavy atom. The second-order valence-electron chi connectivity index (χ2n) is 3.47. The van der Waals surface area contributed by atoms with Crippen LogP contribution in [0.25, 0.3) is 0 Å². The average Bonchev–Trinajstić information content (AvgIpc) is 2.15. The zero-order valence-corrected chi connectivity index (χ0v) is 9.47. The third-order valence-corrected chi connectivity index (χ3v) is 2.40. The molecule has 0 amide bonds. The molecule has 2 nitrogen and oxygen atoms in total. The molecule has 1 unspecified atom stereocenters. The van der Waals surface area contributed by atoms with Crippen LogP contribution in [-0.2, 0) is 15.8 Å². The van der Waals surface area contributed by atoms with E-state index in [9.17, 15) is 22.8 Å². The fourth-order valence-corrected chi connectivity index (χ4v) is 1.70. The number of hydrogen-bond acceptors (Lipinski definition) is 2. The lowest BCUT2D eigenvalue weighted by Crippen LogP contribution is -2.16. The summed E-state index contributed by atoms with van der Waals surface area (Å²) in [5, 5.41) is -0.989. The summed E-state index contributed by atoms with van der Waals surface area (Å²) in [7, 11) is 0. The van der Waals surface area contributed by atoms with Gasteiger partial charge in [0.05, 0.1) is 5.56 Å². The Hall–Kier alpha value is -1.36. The minimum Gasteiger partial charge on any atom is -0.299 e. The topological polar surface area (TPSA) is 34.1 Å². The maximum Gasteiger partial charge on any atom is 0.416 e. The highest BCUT2D eigenvalue weighted by Gasteiger charge is 2.32. The van der Waals surface area contributed by atoms with Crippen LogP contribution in [-0.4, -0.2) is 11.0 Å². The van der Waals surface area contributed by atoms with Crippen molar-refractivity contribution in [3.8, 4) is 0 Å². The molecule has 0 spiro atoms. The fraction of sp³-hybridized carbons (Fsp3) is 0.273. The lowest BCUT2D eigenvalue weighted by molar-refractivity contribution is -0.138. The average molecular weight is 265 g/mol. The van der Waals surface area contributed by atoms with E-state index in [1.165, 1.54) is 6.07 Å². The quantitative estimate of drug-likeness (QED) is 0.621. The van der Waals surface area contributed by atoms with Gasteiger partial charge >= 0.3 is 6.18 Å². The number of benzene rings is 1. The highest BCUT2D eigenvalue weighted by Crippen LogP contribution is 2.31. The zero-order chi connectivity index (χ0) is 13.2. The number of halogens is 4. The van der Waals surface area contributed by atoms with Crippen LogP contribution in [0, 0.1) is 0 Å². The minimum absolute atomic E-state index is 0.0488. The summed E-state index contributed by atoms with van der Waals surface area (Å²) in [4.78, 5) is 22.2. The summed E-state index contributed by atoms with van der Waals surface area (Å²) < 4.78 is 37.3. The molecule has 1 aromatic carbocycles. The summed E-state index contributed by atoms with van der Waals surface area (Å²) in [6, 6.07) is 4.02. The molecule has 0 heterocycles. The van der Waals surface area contributed by atoms with Crippen LogP contribution in [0.5, 0.6) is 0 Å². The van der Waals surface area contributed by atoms with Crippen molar-refractivity contribution in [3.05, 3.63) is 35.4 Å². The van der Waals surface area contributed by atoms with E-state index in [0.717, 1.165) is 25.1 Å². The van der Waals surface area contributed by atoms with E-state index in [1.54, 1.807) is 0 Å². The molecule has 0 aromatic heterocycles. The van der Waals surface area contributed by atoms with Crippen molar-refractivity contribution >= 4 is 22.6 Å². The Balaban J connectivity index is 3.23. The molecule has 0 aliphatic rings. The molecule has 0 fully saturated rings. The van der Waals surface area contributed by atoms with Crippen molar-refractivity contribution in [2.75, 3.05) is 0 Å². The van der Waals surface area contributed by atoms with Crippen LogP contribution >= 0.6 is 11.6 Å². The van der Waals surface area contributed by atoms with Gasteiger partial charge in [-0.3, -0.25) is 9.59 Å². The first-order chi connectivity index (χ1) is 7.73. The Labute approximate surface area is 100 Å². The van der Waals surface area contributed by atoms with E-state index >= 15 is 0 Å². The van der Waals surface area contributed by atoms with Gasteiger partial charge < -0.3 is 0 Å². The molecule has 92 valence electrons. The molecule has 17 heavy (non-hydrogen) atoms. The van der Waals surface area contributed by atoms with Gasteiger partial charge in [0, 0.05) is 0 Å². The van der Waals surface area contributed by atoms with Gasteiger partial charge in [0.15, 0.2) is 0 Å². The third kappa shape index (κ3) is 3.30. The number of Topliss-reactive ketones (excluding diaryl/α,β-unsaturated/α-hetero) is 1. The smallest absolute Gasteiger partial charge is 0.299 e.